The fourth-order valence-corrected chi connectivity index (χ4v) is 6.39. The third-order valence-corrected chi connectivity index (χ3v) is 7.39. The molecule has 0 N–H and O–H groups in total. The first-order valence-corrected chi connectivity index (χ1v) is 12.0. The summed E-state index contributed by atoms with van der Waals surface area (Å²) in [5, 5.41) is 7.18. The Bertz CT molecular complexity index is 1230. The van der Waals surface area contributed by atoms with Gasteiger partial charge in [-0.25, -0.2) is 0 Å². The number of hydrogen-bond donors (Lipinski definition) is 0. The van der Waals surface area contributed by atoms with Crippen LogP contribution >= 0.6 is 0 Å². The molecule has 2 nitrogen and oxygen atoms in total. The van der Waals surface area contributed by atoms with Crippen LogP contribution in [0.4, 0.5) is 0 Å². The molecule has 4 heteroatoms. The van der Waals surface area contributed by atoms with Crippen LogP contribution in [0.3, 0.4) is 0 Å². The minimum Gasteiger partial charge on any atom is -0.440 e. The molecular formula is C20H18Al2N2. The van der Waals surface area contributed by atoms with Crippen molar-refractivity contribution in [2.24, 2.45) is 0 Å². The molecule has 0 aliphatic heterocycles. The van der Waals surface area contributed by atoms with Crippen molar-refractivity contribution < 1.29 is 0 Å². The molecule has 1 aliphatic carbocycles. The largest absolute Gasteiger partial charge is 0.440 e. The Labute approximate surface area is 153 Å². The third kappa shape index (κ3) is 1.84. The van der Waals surface area contributed by atoms with E-state index in [4.69, 9.17) is 0 Å². The predicted octanol–water partition coefficient (Wildman–Crippen LogP) is 3.13. The smallest absolute Gasteiger partial charge is 0.374 e. The average Bonchev–Trinajstić information content (AvgIpc) is 3.14. The molecule has 0 bridgehead atoms. The molecule has 0 unspecified atom stereocenters. The molecule has 24 heavy (non-hydrogen) atoms. The monoisotopic (exact) mass is 340 g/mol. The normalized spacial score (nSPS) is 13.8. The van der Waals surface area contributed by atoms with Crippen LogP contribution in [0.25, 0.3) is 44.9 Å². The maximum absolute atomic E-state index is 2.62. The lowest BCUT2D eigenvalue weighted by Crippen LogP contribution is -2.32. The maximum Gasteiger partial charge on any atom is 0.374 e. The van der Waals surface area contributed by atoms with Gasteiger partial charge in [-0.3, -0.25) is 0 Å². The molecular weight excluding hydrogens is 322 g/mol. The number of fused-ring (bicyclic) bond motifs is 7. The lowest BCUT2D eigenvalue weighted by molar-refractivity contribution is 1.08. The van der Waals surface area contributed by atoms with Gasteiger partial charge in [-0.15, -0.1) is 0 Å². The van der Waals surface area contributed by atoms with Crippen molar-refractivity contribution in [1.82, 2.24) is 7.10 Å². The van der Waals surface area contributed by atoms with Crippen LogP contribution in [0, 0.1) is 0 Å². The molecule has 2 aromatic heterocycles. The SMILES string of the molecule is [CH3][Al][n]1c2c(c3ccc4c5ccccc5[n]([Al][CH3])c4c31)=CCCC=2. The van der Waals surface area contributed by atoms with E-state index in [1.807, 2.05) is 0 Å². The first-order valence-electron chi connectivity index (χ1n) is 8.70. The highest BCUT2D eigenvalue weighted by atomic mass is 27.1. The first kappa shape index (κ1) is 14.9. The number of nitrogens with zero attached hydrogens (tertiary/aromatic N) is 2. The second kappa shape index (κ2) is 5.55. The molecule has 0 amide bonds. The van der Waals surface area contributed by atoms with Crippen molar-refractivity contribution in [2.45, 2.75) is 24.4 Å². The highest BCUT2D eigenvalue weighted by Gasteiger charge is 2.17. The zero-order chi connectivity index (χ0) is 16.3. The molecule has 114 valence electrons. The van der Waals surface area contributed by atoms with Crippen LogP contribution in [0.2, 0.25) is 11.6 Å². The topological polar surface area (TPSA) is 9.86 Å². The second-order valence-corrected chi connectivity index (χ2v) is 8.48. The summed E-state index contributed by atoms with van der Waals surface area (Å²) in [6.45, 7) is 0. The van der Waals surface area contributed by atoms with Crippen LogP contribution in [0.15, 0.2) is 36.4 Å². The van der Waals surface area contributed by atoms with E-state index in [0.29, 0.717) is 0 Å². The van der Waals surface area contributed by atoms with Crippen molar-refractivity contribution in [3.05, 3.63) is 47.0 Å². The summed E-state index contributed by atoms with van der Waals surface area (Å²) < 4.78 is 5.21. The summed E-state index contributed by atoms with van der Waals surface area (Å²) >= 11 is 0.427. The molecule has 0 spiro atoms. The van der Waals surface area contributed by atoms with Crippen molar-refractivity contribution >= 4 is 75.7 Å². The summed E-state index contributed by atoms with van der Waals surface area (Å²) in [5.74, 6) is 4.70. The molecule has 0 fully saturated rings. The van der Waals surface area contributed by atoms with Crippen LogP contribution in [-0.4, -0.2) is 38.0 Å². The Morgan fingerprint density at radius 3 is 2.29 bits per heavy atom. The summed E-state index contributed by atoms with van der Waals surface area (Å²) in [4.78, 5) is 0. The van der Waals surface area contributed by atoms with Gasteiger partial charge >= 0.3 is 30.9 Å². The summed E-state index contributed by atoms with van der Waals surface area (Å²) in [5.41, 5.74) is 4.31. The van der Waals surface area contributed by atoms with E-state index < -0.39 is 0 Å². The Morgan fingerprint density at radius 2 is 1.46 bits per heavy atom. The summed E-state index contributed by atoms with van der Waals surface area (Å²) in [6, 6.07) is 13.6. The highest BCUT2D eigenvalue weighted by molar-refractivity contribution is 6.41. The van der Waals surface area contributed by atoms with Crippen molar-refractivity contribution in [2.75, 3.05) is 0 Å². The van der Waals surface area contributed by atoms with Crippen LogP contribution < -0.4 is 10.6 Å². The van der Waals surface area contributed by atoms with Gasteiger partial charge in [0, 0.05) is 43.3 Å². The van der Waals surface area contributed by atoms with Crippen LogP contribution in [0.5, 0.6) is 0 Å². The van der Waals surface area contributed by atoms with E-state index in [0.717, 1.165) is 0 Å². The standard InChI is InChI=1S/C18H12N2.2CH3.2Al/c1-3-7-15-11(5-1)13-9-10-14-12-6-2-4-8-16(12)20-18(14)17(13)19-15;;;;/h1,3,5-10H,2,4H2;2*1H3;;/q-2;;;2*+1. The van der Waals surface area contributed by atoms with E-state index >= 15 is 0 Å². The van der Waals surface area contributed by atoms with Gasteiger partial charge in [0.1, 0.15) is 0 Å². The maximum atomic E-state index is 2.62. The predicted molar refractivity (Wildman–Crippen MR) is 106 cm³/mol. The highest BCUT2D eigenvalue weighted by Crippen LogP contribution is 2.32. The molecule has 0 saturated carbocycles. The number of benzene rings is 2. The van der Waals surface area contributed by atoms with Crippen molar-refractivity contribution in [3.8, 4) is 0 Å². The molecule has 4 aromatic rings. The first-order chi connectivity index (χ1) is 11.8. The summed E-state index contributed by atoms with van der Waals surface area (Å²) in [7, 11) is 0. The Kier molecular flexibility index (Phi) is 3.44. The van der Waals surface area contributed by atoms with Gasteiger partial charge in [0.25, 0.3) is 0 Å². The minimum atomic E-state index is 0.204. The molecule has 5 rings (SSSR count). The molecule has 0 saturated heterocycles. The van der Waals surface area contributed by atoms with E-state index in [2.05, 4.69) is 67.2 Å². The Hall–Kier alpha value is -1.42. The van der Waals surface area contributed by atoms with Gasteiger partial charge in [0.05, 0.1) is 0 Å². The number of aromatic nitrogens is 2. The molecule has 1 aliphatic rings. The van der Waals surface area contributed by atoms with E-state index in [-0.39, 0.29) is 30.9 Å². The van der Waals surface area contributed by atoms with Crippen molar-refractivity contribution in [1.29, 1.82) is 0 Å². The number of hydrogen-bond acceptors (Lipinski definition) is 0. The van der Waals surface area contributed by atoms with Crippen LogP contribution in [0.1, 0.15) is 12.8 Å². The van der Waals surface area contributed by atoms with Crippen LogP contribution in [-0.2, 0) is 0 Å². The van der Waals surface area contributed by atoms with Gasteiger partial charge in [-0.05, 0) is 18.9 Å². The van der Waals surface area contributed by atoms with Gasteiger partial charge in [0.2, 0.25) is 0 Å². The fraction of sp³-hybridized carbons (Fsp3) is 0.200. The minimum absolute atomic E-state index is 0.204. The lowest BCUT2D eigenvalue weighted by Gasteiger charge is -2.09. The third-order valence-electron chi connectivity index (χ3n) is 5.28. The van der Waals surface area contributed by atoms with Gasteiger partial charge in [-0.1, -0.05) is 54.1 Å². The zero-order valence-electron chi connectivity index (χ0n) is 14.1. The fourth-order valence-electron chi connectivity index (χ4n) is 4.33. The van der Waals surface area contributed by atoms with E-state index in [9.17, 15) is 0 Å². The Balaban J connectivity index is 2.15. The second-order valence-electron chi connectivity index (χ2n) is 6.42. The average molecular weight is 340 g/mol. The molecule has 2 aromatic carbocycles. The molecule has 0 atom stereocenters. The summed E-state index contributed by atoms with van der Waals surface area (Å²) in [6.07, 6.45) is 7.24. The van der Waals surface area contributed by atoms with E-state index in [1.54, 1.807) is 0 Å². The van der Waals surface area contributed by atoms with E-state index in [1.165, 1.54) is 56.1 Å². The number of para-hydroxylation sites is 1. The molecule has 2 heterocycles. The molecule has 2 radical (unpaired) electrons. The van der Waals surface area contributed by atoms with Crippen molar-refractivity contribution in [3.63, 3.8) is 0 Å². The van der Waals surface area contributed by atoms with Gasteiger partial charge in [0.15, 0.2) is 0 Å². The van der Waals surface area contributed by atoms with Gasteiger partial charge in [-0.2, -0.15) is 0 Å². The quantitative estimate of drug-likeness (QED) is 0.496. The number of rotatable bonds is 2. The Morgan fingerprint density at radius 1 is 0.750 bits per heavy atom. The lowest BCUT2D eigenvalue weighted by atomic mass is 10.1. The van der Waals surface area contributed by atoms with Gasteiger partial charge < -0.3 is 7.10 Å². The zero-order valence-corrected chi connectivity index (χ0v) is 16.4.